The van der Waals surface area contributed by atoms with Gasteiger partial charge in [0.05, 0.1) is 6.61 Å². The molecular weight excluding hydrogens is 262 g/mol. The van der Waals surface area contributed by atoms with Gasteiger partial charge in [-0.1, -0.05) is 49.2 Å². The Morgan fingerprint density at radius 1 is 1.10 bits per heavy atom. The van der Waals surface area contributed by atoms with Crippen molar-refractivity contribution in [3.8, 4) is 0 Å². The number of fused-ring (bicyclic) bond motifs is 1. The zero-order valence-electron chi connectivity index (χ0n) is 12.1. The van der Waals surface area contributed by atoms with Crippen LogP contribution in [0.3, 0.4) is 0 Å². The number of nitrogens with one attached hydrogen (secondary N) is 1. The van der Waals surface area contributed by atoms with Crippen LogP contribution in [-0.4, -0.2) is 24.2 Å². The van der Waals surface area contributed by atoms with Crippen LogP contribution in [0.1, 0.15) is 36.0 Å². The van der Waals surface area contributed by atoms with Gasteiger partial charge in [0.15, 0.2) is 0 Å². The molecule has 1 fully saturated rings. The quantitative estimate of drug-likeness (QED) is 0.905. The minimum atomic E-state index is -0.111. The molecule has 2 N–H and O–H groups in total. The predicted octanol–water partition coefficient (Wildman–Crippen LogP) is 3.12. The van der Waals surface area contributed by atoms with Gasteiger partial charge in [-0.25, -0.2) is 0 Å². The van der Waals surface area contributed by atoms with Crippen LogP contribution in [-0.2, 0) is 0 Å². The Balaban J connectivity index is 1.78. The van der Waals surface area contributed by atoms with Gasteiger partial charge in [-0.15, -0.1) is 0 Å². The minimum Gasteiger partial charge on any atom is -0.396 e. The highest BCUT2D eigenvalue weighted by Gasteiger charge is 2.33. The summed E-state index contributed by atoms with van der Waals surface area (Å²) >= 11 is 0. The Morgan fingerprint density at radius 3 is 2.57 bits per heavy atom. The zero-order chi connectivity index (χ0) is 14.7. The van der Waals surface area contributed by atoms with Gasteiger partial charge in [0.1, 0.15) is 0 Å². The molecule has 2 aromatic carbocycles. The standard InChI is InChI=1S/C18H21NO2/c20-13-18(10-3-4-11-18)12-19-17(21)16-9-5-7-14-6-1-2-8-15(14)16/h1-2,5-9,20H,3-4,10-13H2,(H,19,21). The van der Waals surface area contributed by atoms with E-state index in [1.807, 2.05) is 42.5 Å². The van der Waals surface area contributed by atoms with E-state index < -0.39 is 0 Å². The number of carbonyl (C=O) groups is 1. The van der Waals surface area contributed by atoms with Gasteiger partial charge in [-0.3, -0.25) is 4.79 Å². The summed E-state index contributed by atoms with van der Waals surface area (Å²) < 4.78 is 0. The summed E-state index contributed by atoms with van der Waals surface area (Å²) in [4.78, 5) is 12.5. The van der Waals surface area contributed by atoms with E-state index >= 15 is 0 Å². The fourth-order valence-electron chi connectivity index (χ4n) is 3.30. The Morgan fingerprint density at radius 2 is 1.81 bits per heavy atom. The Kier molecular flexibility index (Phi) is 3.93. The third kappa shape index (κ3) is 2.79. The summed E-state index contributed by atoms with van der Waals surface area (Å²) in [5.41, 5.74) is 0.597. The first-order valence-electron chi connectivity index (χ1n) is 7.61. The summed E-state index contributed by atoms with van der Waals surface area (Å²) in [6, 6.07) is 13.7. The first-order chi connectivity index (χ1) is 10.2. The van der Waals surface area contributed by atoms with Crippen LogP contribution < -0.4 is 5.32 Å². The lowest BCUT2D eigenvalue weighted by molar-refractivity contribution is 0.0882. The minimum absolute atomic E-state index is 0.0495. The van der Waals surface area contributed by atoms with Gasteiger partial charge >= 0.3 is 0 Å². The first-order valence-corrected chi connectivity index (χ1v) is 7.61. The van der Waals surface area contributed by atoms with Gasteiger partial charge in [0.25, 0.3) is 5.91 Å². The molecule has 110 valence electrons. The molecule has 3 nitrogen and oxygen atoms in total. The maximum Gasteiger partial charge on any atom is 0.251 e. The molecule has 21 heavy (non-hydrogen) atoms. The number of carbonyl (C=O) groups excluding carboxylic acids is 1. The van der Waals surface area contributed by atoms with Crippen molar-refractivity contribution >= 4 is 16.7 Å². The van der Waals surface area contributed by atoms with Crippen LogP contribution in [0.2, 0.25) is 0 Å². The molecule has 1 amide bonds. The van der Waals surface area contributed by atoms with Crippen LogP contribution in [0.4, 0.5) is 0 Å². The normalized spacial score (nSPS) is 17.0. The maximum absolute atomic E-state index is 12.5. The molecule has 3 heteroatoms. The van der Waals surface area contributed by atoms with Crippen LogP contribution in [0.15, 0.2) is 42.5 Å². The van der Waals surface area contributed by atoms with Gasteiger partial charge in [-0.2, -0.15) is 0 Å². The second kappa shape index (κ2) is 5.86. The molecule has 1 aliphatic carbocycles. The zero-order valence-corrected chi connectivity index (χ0v) is 12.1. The molecule has 0 unspecified atom stereocenters. The van der Waals surface area contributed by atoms with E-state index in [2.05, 4.69) is 5.32 Å². The van der Waals surface area contributed by atoms with Crippen molar-refractivity contribution in [3.05, 3.63) is 48.0 Å². The topological polar surface area (TPSA) is 49.3 Å². The Bertz CT molecular complexity index is 639. The van der Waals surface area contributed by atoms with Crippen molar-refractivity contribution in [2.75, 3.05) is 13.2 Å². The fourth-order valence-corrected chi connectivity index (χ4v) is 3.30. The summed E-state index contributed by atoms with van der Waals surface area (Å²) in [5.74, 6) is -0.0495. The van der Waals surface area contributed by atoms with E-state index in [9.17, 15) is 9.90 Å². The highest BCUT2D eigenvalue weighted by molar-refractivity contribution is 6.07. The Hall–Kier alpha value is -1.87. The maximum atomic E-state index is 12.5. The number of aliphatic hydroxyl groups is 1. The second-order valence-corrected chi connectivity index (χ2v) is 6.07. The lowest BCUT2D eigenvalue weighted by atomic mass is 9.87. The molecule has 2 aromatic rings. The van der Waals surface area contributed by atoms with Crippen molar-refractivity contribution in [1.82, 2.24) is 5.32 Å². The first kappa shape index (κ1) is 14.1. The second-order valence-electron chi connectivity index (χ2n) is 6.07. The molecule has 0 spiro atoms. The highest BCUT2D eigenvalue weighted by atomic mass is 16.3. The number of hydrogen-bond acceptors (Lipinski definition) is 2. The van der Waals surface area contributed by atoms with Crippen molar-refractivity contribution in [2.24, 2.45) is 5.41 Å². The van der Waals surface area contributed by atoms with Crippen LogP contribution >= 0.6 is 0 Å². The number of aliphatic hydroxyl groups excluding tert-OH is 1. The molecule has 0 radical (unpaired) electrons. The molecule has 0 saturated heterocycles. The lowest BCUT2D eigenvalue weighted by Crippen LogP contribution is -2.38. The molecule has 3 rings (SSSR count). The average molecular weight is 283 g/mol. The lowest BCUT2D eigenvalue weighted by Gasteiger charge is -2.26. The fraction of sp³-hybridized carbons (Fsp3) is 0.389. The van der Waals surface area contributed by atoms with Gasteiger partial charge < -0.3 is 10.4 Å². The van der Waals surface area contributed by atoms with Crippen LogP contribution in [0.25, 0.3) is 10.8 Å². The van der Waals surface area contributed by atoms with Gasteiger partial charge in [-0.05, 0) is 29.7 Å². The van der Waals surface area contributed by atoms with Crippen molar-refractivity contribution in [3.63, 3.8) is 0 Å². The average Bonchev–Trinajstić information content (AvgIpc) is 3.01. The van der Waals surface area contributed by atoms with Crippen LogP contribution in [0.5, 0.6) is 0 Å². The van der Waals surface area contributed by atoms with E-state index in [0.29, 0.717) is 12.1 Å². The number of hydrogen-bond donors (Lipinski definition) is 2. The number of amides is 1. The monoisotopic (exact) mass is 283 g/mol. The van der Waals surface area contributed by atoms with E-state index in [1.165, 1.54) is 0 Å². The molecule has 0 atom stereocenters. The molecule has 0 aromatic heterocycles. The molecule has 1 saturated carbocycles. The molecule has 1 aliphatic rings. The molecular formula is C18H21NO2. The third-order valence-electron chi connectivity index (χ3n) is 4.66. The smallest absolute Gasteiger partial charge is 0.251 e. The molecule has 0 heterocycles. The van der Waals surface area contributed by atoms with E-state index in [0.717, 1.165) is 36.5 Å². The summed E-state index contributed by atoms with van der Waals surface area (Å²) in [6.45, 7) is 0.717. The molecule has 0 bridgehead atoms. The predicted molar refractivity (Wildman–Crippen MR) is 84.3 cm³/mol. The van der Waals surface area contributed by atoms with Crippen LogP contribution in [0, 0.1) is 5.41 Å². The SMILES string of the molecule is O=C(NCC1(CO)CCCC1)c1cccc2ccccc12. The summed E-state index contributed by atoms with van der Waals surface area (Å²) in [6.07, 6.45) is 4.29. The highest BCUT2D eigenvalue weighted by Crippen LogP contribution is 2.37. The molecule has 0 aliphatic heterocycles. The number of rotatable bonds is 4. The van der Waals surface area contributed by atoms with E-state index in [1.54, 1.807) is 0 Å². The summed E-state index contributed by atoms with van der Waals surface area (Å²) in [5, 5.41) is 14.7. The van der Waals surface area contributed by atoms with E-state index in [-0.39, 0.29) is 17.9 Å². The van der Waals surface area contributed by atoms with Crippen molar-refractivity contribution in [1.29, 1.82) is 0 Å². The van der Waals surface area contributed by atoms with Gasteiger partial charge in [0, 0.05) is 17.5 Å². The number of benzene rings is 2. The van der Waals surface area contributed by atoms with Crippen molar-refractivity contribution < 1.29 is 9.90 Å². The van der Waals surface area contributed by atoms with Crippen molar-refractivity contribution in [2.45, 2.75) is 25.7 Å². The largest absolute Gasteiger partial charge is 0.396 e. The summed E-state index contributed by atoms with van der Waals surface area (Å²) in [7, 11) is 0. The third-order valence-corrected chi connectivity index (χ3v) is 4.66. The van der Waals surface area contributed by atoms with E-state index in [4.69, 9.17) is 0 Å². The Labute approximate surface area is 125 Å². The van der Waals surface area contributed by atoms with Gasteiger partial charge in [0.2, 0.25) is 0 Å².